The number of benzene rings is 1. The van der Waals surface area contributed by atoms with E-state index in [-0.39, 0.29) is 17.5 Å². The maximum atomic E-state index is 13.8. The van der Waals surface area contributed by atoms with Crippen LogP contribution in [0.4, 0.5) is 4.39 Å². The van der Waals surface area contributed by atoms with E-state index in [1.54, 1.807) is 12.1 Å². The lowest BCUT2D eigenvalue weighted by atomic mass is 9.95. The smallest absolute Gasteiger partial charge is 0.165 e. The molecular weight excluding hydrogens is 229 g/mol. The Bertz CT molecular complexity index is 388. The molecule has 1 aromatic carbocycles. The van der Waals surface area contributed by atoms with Crippen LogP contribution in [0.2, 0.25) is 0 Å². The van der Waals surface area contributed by atoms with Gasteiger partial charge in [0.25, 0.3) is 0 Å². The van der Waals surface area contributed by atoms with Gasteiger partial charge in [0.05, 0.1) is 6.10 Å². The number of rotatable bonds is 6. The predicted octanol–water partition coefficient (Wildman–Crippen LogP) is 3.54. The fourth-order valence-corrected chi connectivity index (χ4v) is 1.63. The molecule has 18 heavy (non-hydrogen) atoms. The highest BCUT2D eigenvalue weighted by Crippen LogP contribution is 2.21. The summed E-state index contributed by atoms with van der Waals surface area (Å²) in [6, 6.07) is 5.23. The standard InChI is InChI=1S/C15H24FNO/c1-11(2)18-14-7-6-12(10-13(14)16)8-9-15(3,4)17-5/h6-7,10-11,17H,8-9H2,1-5H3. The number of aryl methyl sites for hydroxylation is 1. The zero-order valence-corrected chi connectivity index (χ0v) is 12.0. The summed E-state index contributed by atoms with van der Waals surface area (Å²) in [5.74, 6) is 0.0603. The average Bonchev–Trinajstić information content (AvgIpc) is 2.29. The minimum atomic E-state index is -0.275. The molecule has 0 radical (unpaired) electrons. The van der Waals surface area contributed by atoms with Crippen LogP contribution in [0.15, 0.2) is 18.2 Å². The van der Waals surface area contributed by atoms with Crippen molar-refractivity contribution in [1.29, 1.82) is 0 Å². The third-order valence-electron chi connectivity index (χ3n) is 3.07. The summed E-state index contributed by atoms with van der Waals surface area (Å²) in [6.07, 6.45) is 1.81. The third-order valence-corrected chi connectivity index (χ3v) is 3.07. The van der Waals surface area contributed by atoms with Crippen LogP contribution in [0, 0.1) is 5.82 Å². The van der Waals surface area contributed by atoms with Crippen LogP contribution >= 0.6 is 0 Å². The Kier molecular flexibility index (Phi) is 5.15. The second kappa shape index (κ2) is 6.19. The molecule has 0 saturated carbocycles. The molecule has 1 aromatic rings. The van der Waals surface area contributed by atoms with Crippen LogP contribution in [-0.4, -0.2) is 18.7 Å². The molecule has 102 valence electrons. The molecule has 2 nitrogen and oxygen atoms in total. The van der Waals surface area contributed by atoms with E-state index in [2.05, 4.69) is 19.2 Å². The molecule has 0 aliphatic rings. The molecular formula is C15H24FNO. The summed E-state index contributed by atoms with van der Waals surface area (Å²) in [5.41, 5.74) is 1.08. The molecule has 0 bridgehead atoms. The van der Waals surface area contributed by atoms with E-state index in [0.717, 1.165) is 18.4 Å². The predicted molar refractivity (Wildman–Crippen MR) is 73.6 cm³/mol. The van der Waals surface area contributed by atoms with Crippen molar-refractivity contribution >= 4 is 0 Å². The Labute approximate surface area is 110 Å². The van der Waals surface area contributed by atoms with Crippen molar-refractivity contribution in [3.63, 3.8) is 0 Å². The molecule has 1 rings (SSSR count). The summed E-state index contributed by atoms with van der Waals surface area (Å²) in [6.45, 7) is 8.06. The Morgan fingerprint density at radius 3 is 2.50 bits per heavy atom. The highest BCUT2D eigenvalue weighted by molar-refractivity contribution is 5.29. The zero-order valence-electron chi connectivity index (χ0n) is 12.0. The number of hydrogen-bond donors (Lipinski definition) is 1. The third kappa shape index (κ3) is 4.65. The van der Waals surface area contributed by atoms with Crippen LogP contribution in [0.3, 0.4) is 0 Å². The minimum absolute atomic E-state index is 0.00595. The summed E-state index contributed by atoms with van der Waals surface area (Å²) >= 11 is 0. The maximum absolute atomic E-state index is 13.8. The van der Waals surface area contributed by atoms with E-state index in [1.165, 1.54) is 0 Å². The average molecular weight is 253 g/mol. The van der Waals surface area contributed by atoms with Gasteiger partial charge in [-0.3, -0.25) is 0 Å². The van der Waals surface area contributed by atoms with Gasteiger partial charge in [-0.15, -0.1) is 0 Å². The zero-order chi connectivity index (χ0) is 13.8. The van der Waals surface area contributed by atoms with Crippen molar-refractivity contribution in [2.75, 3.05) is 7.05 Å². The first kappa shape index (κ1) is 15.0. The molecule has 0 amide bonds. The Morgan fingerprint density at radius 1 is 1.33 bits per heavy atom. The Morgan fingerprint density at radius 2 is 2.00 bits per heavy atom. The second-order valence-corrected chi connectivity index (χ2v) is 5.57. The second-order valence-electron chi connectivity index (χ2n) is 5.57. The molecule has 0 unspecified atom stereocenters. The van der Waals surface area contributed by atoms with E-state index in [9.17, 15) is 4.39 Å². The summed E-state index contributed by atoms with van der Waals surface area (Å²) < 4.78 is 19.2. The van der Waals surface area contributed by atoms with Gasteiger partial charge in [-0.1, -0.05) is 6.07 Å². The van der Waals surface area contributed by atoms with Crippen molar-refractivity contribution < 1.29 is 9.13 Å². The van der Waals surface area contributed by atoms with Crippen LogP contribution in [0.25, 0.3) is 0 Å². The lowest BCUT2D eigenvalue weighted by Crippen LogP contribution is -2.36. The van der Waals surface area contributed by atoms with Gasteiger partial charge in [0.2, 0.25) is 0 Å². The molecule has 0 spiro atoms. The fraction of sp³-hybridized carbons (Fsp3) is 0.600. The molecule has 0 aliphatic carbocycles. The van der Waals surface area contributed by atoms with Gasteiger partial charge in [0.1, 0.15) is 0 Å². The lowest BCUT2D eigenvalue weighted by Gasteiger charge is -2.23. The van der Waals surface area contributed by atoms with Crippen molar-refractivity contribution in [2.45, 2.75) is 52.2 Å². The molecule has 3 heteroatoms. The van der Waals surface area contributed by atoms with E-state index < -0.39 is 0 Å². The number of nitrogens with one attached hydrogen (secondary N) is 1. The van der Waals surface area contributed by atoms with Crippen LogP contribution in [-0.2, 0) is 6.42 Å². The van der Waals surface area contributed by atoms with Crippen molar-refractivity contribution in [2.24, 2.45) is 0 Å². The molecule has 0 atom stereocenters. The first-order chi connectivity index (χ1) is 8.34. The van der Waals surface area contributed by atoms with Crippen molar-refractivity contribution in [1.82, 2.24) is 5.32 Å². The van der Waals surface area contributed by atoms with E-state index in [4.69, 9.17) is 4.74 Å². The van der Waals surface area contributed by atoms with Crippen LogP contribution < -0.4 is 10.1 Å². The van der Waals surface area contributed by atoms with Gasteiger partial charge in [-0.05, 0) is 65.3 Å². The first-order valence-electron chi connectivity index (χ1n) is 6.48. The summed E-state index contributed by atoms with van der Waals surface area (Å²) in [7, 11) is 1.94. The molecule has 0 aliphatic heterocycles. The number of ether oxygens (including phenoxy) is 1. The molecule has 0 saturated heterocycles. The van der Waals surface area contributed by atoms with Crippen molar-refractivity contribution in [3.05, 3.63) is 29.6 Å². The molecule has 0 fully saturated rings. The van der Waals surface area contributed by atoms with Gasteiger partial charge in [0.15, 0.2) is 11.6 Å². The van der Waals surface area contributed by atoms with Gasteiger partial charge >= 0.3 is 0 Å². The van der Waals surface area contributed by atoms with E-state index >= 15 is 0 Å². The van der Waals surface area contributed by atoms with E-state index in [1.807, 2.05) is 27.0 Å². The van der Waals surface area contributed by atoms with Gasteiger partial charge in [0, 0.05) is 5.54 Å². The lowest BCUT2D eigenvalue weighted by molar-refractivity contribution is 0.231. The van der Waals surface area contributed by atoms with Gasteiger partial charge in [-0.25, -0.2) is 4.39 Å². The maximum Gasteiger partial charge on any atom is 0.165 e. The molecule has 0 heterocycles. The Balaban J connectivity index is 2.67. The first-order valence-corrected chi connectivity index (χ1v) is 6.48. The summed E-state index contributed by atoms with van der Waals surface area (Å²) in [5, 5.41) is 3.25. The van der Waals surface area contributed by atoms with Crippen molar-refractivity contribution in [3.8, 4) is 5.75 Å². The number of hydrogen-bond acceptors (Lipinski definition) is 2. The topological polar surface area (TPSA) is 21.3 Å². The molecule has 0 aromatic heterocycles. The highest BCUT2D eigenvalue weighted by Gasteiger charge is 2.15. The van der Waals surface area contributed by atoms with Gasteiger partial charge in [-0.2, -0.15) is 0 Å². The van der Waals surface area contributed by atoms with Gasteiger partial charge < -0.3 is 10.1 Å². The quantitative estimate of drug-likeness (QED) is 0.837. The monoisotopic (exact) mass is 253 g/mol. The fourth-order valence-electron chi connectivity index (χ4n) is 1.63. The summed E-state index contributed by atoms with van der Waals surface area (Å²) in [4.78, 5) is 0. The van der Waals surface area contributed by atoms with Crippen LogP contribution in [0.5, 0.6) is 5.75 Å². The molecule has 1 N–H and O–H groups in total. The highest BCUT2D eigenvalue weighted by atomic mass is 19.1. The minimum Gasteiger partial charge on any atom is -0.488 e. The largest absolute Gasteiger partial charge is 0.488 e. The van der Waals surface area contributed by atoms with E-state index in [0.29, 0.717) is 5.75 Å². The number of halogens is 1. The Hall–Kier alpha value is -1.09. The SMILES string of the molecule is CNC(C)(C)CCc1ccc(OC(C)C)c(F)c1. The normalized spacial score (nSPS) is 11.9. The van der Waals surface area contributed by atoms with Crippen LogP contribution in [0.1, 0.15) is 39.7 Å².